The van der Waals surface area contributed by atoms with Gasteiger partial charge in [-0.15, -0.1) is 0 Å². The van der Waals surface area contributed by atoms with Gasteiger partial charge in [-0.3, -0.25) is 4.84 Å². The molecule has 0 aliphatic carbocycles. The molecule has 1 heterocycles. The van der Waals surface area contributed by atoms with Crippen LogP contribution in [0.4, 0.5) is 5.69 Å². The molecule has 2 N–H and O–H groups in total. The van der Waals surface area contributed by atoms with E-state index in [4.69, 9.17) is 10.6 Å². The molecule has 0 amide bonds. The molecule has 1 aliphatic rings. The lowest BCUT2D eigenvalue weighted by molar-refractivity contribution is -0.110. The maximum absolute atomic E-state index is 5.62. The number of hydroxylamine groups is 2. The van der Waals surface area contributed by atoms with Crippen LogP contribution in [-0.4, -0.2) is 18.7 Å². The second-order valence-electron chi connectivity index (χ2n) is 3.35. The highest BCUT2D eigenvalue weighted by molar-refractivity contribution is 5.40. The molecule has 1 atom stereocenters. The summed E-state index contributed by atoms with van der Waals surface area (Å²) in [6.45, 7) is 0.811. The molecule has 1 aromatic rings. The van der Waals surface area contributed by atoms with Crippen LogP contribution in [0.5, 0.6) is 0 Å². The van der Waals surface area contributed by atoms with Crippen molar-refractivity contribution in [1.82, 2.24) is 5.06 Å². The zero-order valence-electron chi connectivity index (χ0n) is 7.73. The van der Waals surface area contributed by atoms with Crippen molar-refractivity contribution in [1.29, 1.82) is 0 Å². The van der Waals surface area contributed by atoms with Gasteiger partial charge in [-0.1, -0.05) is 12.1 Å². The Bertz CT molecular complexity index is 283. The van der Waals surface area contributed by atoms with E-state index in [2.05, 4.69) is 12.1 Å². The first-order valence-corrected chi connectivity index (χ1v) is 4.48. The maximum atomic E-state index is 5.62. The Kier molecular flexibility index (Phi) is 2.20. The van der Waals surface area contributed by atoms with E-state index >= 15 is 0 Å². The van der Waals surface area contributed by atoms with Crippen LogP contribution in [0.2, 0.25) is 0 Å². The summed E-state index contributed by atoms with van der Waals surface area (Å²) < 4.78 is 0. The molecule has 3 nitrogen and oxygen atoms in total. The van der Waals surface area contributed by atoms with Crippen LogP contribution in [0.1, 0.15) is 18.0 Å². The topological polar surface area (TPSA) is 38.5 Å². The number of benzene rings is 1. The van der Waals surface area contributed by atoms with Gasteiger partial charge in [0.05, 0.1) is 12.6 Å². The van der Waals surface area contributed by atoms with Gasteiger partial charge in [0.25, 0.3) is 0 Å². The summed E-state index contributed by atoms with van der Waals surface area (Å²) in [5.74, 6) is 0. The Balaban J connectivity index is 2.20. The Morgan fingerprint density at radius 3 is 2.62 bits per heavy atom. The summed E-state index contributed by atoms with van der Waals surface area (Å²) in [5, 5.41) is 1.91. The van der Waals surface area contributed by atoms with Gasteiger partial charge in [-0.2, -0.15) is 5.06 Å². The van der Waals surface area contributed by atoms with E-state index in [1.165, 1.54) is 5.56 Å². The molecule has 0 aromatic heterocycles. The van der Waals surface area contributed by atoms with E-state index in [0.717, 1.165) is 18.7 Å². The van der Waals surface area contributed by atoms with Crippen LogP contribution in [-0.2, 0) is 4.84 Å². The van der Waals surface area contributed by atoms with Gasteiger partial charge in [-0.05, 0) is 24.1 Å². The van der Waals surface area contributed by atoms with Crippen molar-refractivity contribution in [3.05, 3.63) is 29.8 Å². The maximum Gasteiger partial charge on any atom is 0.0704 e. The minimum Gasteiger partial charge on any atom is -0.399 e. The highest BCUT2D eigenvalue weighted by Crippen LogP contribution is 2.28. The first kappa shape index (κ1) is 8.53. The summed E-state index contributed by atoms with van der Waals surface area (Å²) in [7, 11) is 1.97. The lowest BCUT2D eigenvalue weighted by Gasteiger charge is -2.17. The summed E-state index contributed by atoms with van der Waals surface area (Å²) in [4.78, 5) is 5.35. The number of rotatable bonds is 1. The smallest absolute Gasteiger partial charge is 0.0704 e. The fourth-order valence-electron chi connectivity index (χ4n) is 1.67. The van der Waals surface area contributed by atoms with E-state index in [1.54, 1.807) is 0 Å². The van der Waals surface area contributed by atoms with Crippen LogP contribution in [0.25, 0.3) is 0 Å². The van der Waals surface area contributed by atoms with E-state index in [1.807, 2.05) is 24.2 Å². The van der Waals surface area contributed by atoms with Gasteiger partial charge >= 0.3 is 0 Å². The van der Waals surface area contributed by atoms with Crippen molar-refractivity contribution in [3.8, 4) is 0 Å². The summed E-state index contributed by atoms with van der Waals surface area (Å²) in [6.07, 6.45) is 1.06. The van der Waals surface area contributed by atoms with Gasteiger partial charge in [0, 0.05) is 12.7 Å². The fraction of sp³-hybridized carbons (Fsp3) is 0.400. The van der Waals surface area contributed by atoms with Crippen LogP contribution in [0.15, 0.2) is 24.3 Å². The second-order valence-corrected chi connectivity index (χ2v) is 3.35. The molecule has 1 saturated heterocycles. The molecule has 0 spiro atoms. The molecule has 13 heavy (non-hydrogen) atoms. The molecule has 2 rings (SSSR count). The highest BCUT2D eigenvalue weighted by atomic mass is 16.7. The molecule has 1 aromatic carbocycles. The Labute approximate surface area is 78.1 Å². The Hall–Kier alpha value is -1.06. The van der Waals surface area contributed by atoms with Gasteiger partial charge in [-0.25, -0.2) is 0 Å². The van der Waals surface area contributed by atoms with Gasteiger partial charge in [0.2, 0.25) is 0 Å². The van der Waals surface area contributed by atoms with Crippen molar-refractivity contribution >= 4 is 5.69 Å². The molecule has 1 fully saturated rings. The standard InChI is InChI=1S/C10H14N2O/c1-12-10(6-7-13-12)8-2-4-9(11)5-3-8/h2-5,10H,6-7,11H2,1H3. The molecule has 0 bridgehead atoms. The molecule has 1 unspecified atom stereocenters. The van der Waals surface area contributed by atoms with Crippen LogP contribution in [0.3, 0.4) is 0 Å². The quantitative estimate of drug-likeness (QED) is 0.663. The fourth-order valence-corrected chi connectivity index (χ4v) is 1.67. The monoisotopic (exact) mass is 178 g/mol. The first-order chi connectivity index (χ1) is 6.27. The number of nitrogens with zero attached hydrogens (tertiary/aromatic N) is 1. The lowest BCUT2D eigenvalue weighted by atomic mass is 10.0. The first-order valence-electron chi connectivity index (χ1n) is 4.48. The zero-order valence-corrected chi connectivity index (χ0v) is 7.73. The minimum atomic E-state index is 0.389. The summed E-state index contributed by atoms with van der Waals surface area (Å²) in [5.41, 5.74) is 7.70. The van der Waals surface area contributed by atoms with Crippen LogP contribution in [0, 0.1) is 0 Å². The van der Waals surface area contributed by atoms with Crippen molar-refractivity contribution < 1.29 is 4.84 Å². The molecular formula is C10H14N2O. The average Bonchev–Trinajstić information content (AvgIpc) is 2.53. The van der Waals surface area contributed by atoms with Gasteiger partial charge < -0.3 is 5.73 Å². The highest BCUT2D eigenvalue weighted by Gasteiger charge is 2.23. The largest absolute Gasteiger partial charge is 0.399 e. The number of hydrogen-bond donors (Lipinski definition) is 1. The summed E-state index contributed by atoms with van der Waals surface area (Å²) in [6, 6.07) is 8.37. The van der Waals surface area contributed by atoms with Gasteiger partial charge in [0.1, 0.15) is 0 Å². The van der Waals surface area contributed by atoms with E-state index in [9.17, 15) is 0 Å². The molecule has 0 radical (unpaired) electrons. The molecule has 3 heteroatoms. The lowest BCUT2D eigenvalue weighted by Crippen LogP contribution is -2.15. The SMILES string of the molecule is CN1OCCC1c1ccc(N)cc1. The van der Waals surface area contributed by atoms with Gasteiger partial charge in [0.15, 0.2) is 0 Å². The third kappa shape index (κ3) is 1.66. The minimum absolute atomic E-state index is 0.389. The van der Waals surface area contributed by atoms with E-state index < -0.39 is 0 Å². The predicted molar refractivity (Wildman–Crippen MR) is 51.9 cm³/mol. The number of nitrogens with two attached hydrogens (primary N) is 1. The number of hydrogen-bond acceptors (Lipinski definition) is 3. The van der Waals surface area contributed by atoms with Crippen LogP contribution < -0.4 is 5.73 Å². The number of nitrogen functional groups attached to an aromatic ring is 1. The third-order valence-electron chi connectivity index (χ3n) is 2.45. The summed E-state index contributed by atoms with van der Waals surface area (Å²) >= 11 is 0. The number of anilines is 1. The average molecular weight is 178 g/mol. The third-order valence-corrected chi connectivity index (χ3v) is 2.45. The van der Waals surface area contributed by atoms with Crippen molar-refractivity contribution in [2.75, 3.05) is 19.4 Å². The van der Waals surface area contributed by atoms with Crippen LogP contribution >= 0.6 is 0 Å². The molecule has 0 saturated carbocycles. The van der Waals surface area contributed by atoms with E-state index in [-0.39, 0.29) is 0 Å². The Morgan fingerprint density at radius 1 is 1.38 bits per heavy atom. The Morgan fingerprint density at radius 2 is 2.08 bits per heavy atom. The predicted octanol–water partition coefficient (Wildman–Crippen LogP) is 1.58. The second kappa shape index (κ2) is 3.36. The van der Waals surface area contributed by atoms with Crippen molar-refractivity contribution in [2.45, 2.75) is 12.5 Å². The van der Waals surface area contributed by atoms with Crippen molar-refractivity contribution in [3.63, 3.8) is 0 Å². The van der Waals surface area contributed by atoms with E-state index in [0.29, 0.717) is 6.04 Å². The molecule has 1 aliphatic heterocycles. The normalized spacial score (nSPS) is 23.6. The molecular weight excluding hydrogens is 164 g/mol. The van der Waals surface area contributed by atoms with Crippen molar-refractivity contribution in [2.24, 2.45) is 0 Å². The molecule has 70 valence electrons. The zero-order chi connectivity index (χ0) is 9.26.